The number of hydrogen-bond acceptors (Lipinski definition) is 3. The van der Waals surface area contributed by atoms with Crippen LogP contribution in [0, 0.1) is 0 Å². The van der Waals surface area contributed by atoms with E-state index in [2.05, 4.69) is 5.32 Å². The molecule has 0 aromatic carbocycles. The van der Waals surface area contributed by atoms with Gasteiger partial charge in [-0.2, -0.15) is 0 Å². The number of nitrogens with one attached hydrogen (secondary N) is 1. The summed E-state index contributed by atoms with van der Waals surface area (Å²) in [5, 5.41) is 3.32. The number of ether oxygens (including phenoxy) is 1. The molecule has 1 N–H and O–H groups in total. The third kappa shape index (κ3) is 2.59. The summed E-state index contributed by atoms with van der Waals surface area (Å²) in [4.78, 5) is 13.4. The fourth-order valence-electron chi connectivity index (χ4n) is 2.02. The summed E-state index contributed by atoms with van der Waals surface area (Å²) in [6.07, 6.45) is 2.31. The molecule has 2 fully saturated rings. The van der Waals surface area contributed by atoms with Gasteiger partial charge in [-0.1, -0.05) is 0 Å². The highest BCUT2D eigenvalue weighted by molar-refractivity contribution is 5.85. The quantitative estimate of drug-likeness (QED) is 0.678. The number of amides is 1. The number of carbonyl (C=O) groups excluding carboxylic acids is 1. The smallest absolute Gasteiger partial charge is 0.248 e. The van der Waals surface area contributed by atoms with Crippen molar-refractivity contribution < 1.29 is 9.53 Å². The second-order valence-electron chi connectivity index (χ2n) is 3.64. The van der Waals surface area contributed by atoms with Crippen LogP contribution in [0.5, 0.6) is 0 Å². The Morgan fingerprint density at radius 1 is 1.50 bits per heavy atom. The second kappa shape index (κ2) is 5.53. The van der Waals surface area contributed by atoms with Gasteiger partial charge in [-0.05, 0) is 19.4 Å². The molecule has 0 aromatic heterocycles. The summed E-state index contributed by atoms with van der Waals surface area (Å²) >= 11 is 0. The lowest BCUT2D eigenvalue weighted by Crippen LogP contribution is -2.53. The molecule has 0 aliphatic carbocycles. The summed E-state index contributed by atoms with van der Waals surface area (Å²) in [6, 6.07) is 0.408. The van der Waals surface area contributed by atoms with Gasteiger partial charge in [-0.15, -0.1) is 12.4 Å². The topological polar surface area (TPSA) is 41.6 Å². The Balaban J connectivity index is 0.000000980. The molecule has 2 saturated heterocycles. The second-order valence-corrected chi connectivity index (χ2v) is 3.64. The van der Waals surface area contributed by atoms with Crippen molar-refractivity contribution in [3.05, 3.63) is 0 Å². The van der Waals surface area contributed by atoms with E-state index in [9.17, 15) is 4.79 Å². The molecule has 0 radical (unpaired) electrons. The van der Waals surface area contributed by atoms with Crippen LogP contribution in [-0.4, -0.2) is 49.7 Å². The zero-order valence-electron chi connectivity index (χ0n) is 8.20. The normalized spacial score (nSPS) is 28.4. The van der Waals surface area contributed by atoms with E-state index in [1.165, 1.54) is 6.42 Å². The summed E-state index contributed by atoms with van der Waals surface area (Å²) < 4.78 is 5.09. The van der Waals surface area contributed by atoms with E-state index in [1.807, 2.05) is 4.90 Å². The zero-order valence-corrected chi connectivity index (χ0v) is 9.02. The summed E-state index contributed by atoms with van der Waals surface area (Å²) in [7, 11) is 0. The first-order valence-electron chi connectivity index (χ1n) is 4.96. The maximum absolute atomic E-state index is 11.5. The molecule has 1 amide bonds. The summed E-state index contributed by atoms with van der Waals surface area (Å²) in [5.74, 6) is 0.153. The van der Waals surface area contributed by atoms with Crippen LogP contribution in [-0.2, 0) is 9.53 Å². The van der Waals surface area contributed by atoms with E-state index < -0.39 is 0 Å². The standard InChI is InChI=1S/C9H16N2O2.ClH/c12-9-7-13-5-4-11(9)8-2-1-3-10-6-8;/h8,10H,1-7H2;1H/t8-;/m1./s1. The van der Waals surface area contributed by atoms with E-state index in [0.717, 1.165) is 26.1 Å². The number of morpholine rings is 1. The molecule has 1 atom stereocenters. The maximum Gasteiger partial charge on any atom is 0.248 e. The van der Waals surface area contributed by atoms with Crippen LogP contribution in [0.15, 0.2) is 0 Å². The van der Waals surface area contributed by atoms with Gasteiger partial charge in [-0.3, -0.25) is 4.79 Å². The van der Waals surface area contributed by atoms with Gasteiger partial charge in [0.2, 0.25) is 5.91 Å². The average Bonchev–Trinajstić information content (AvgIpc) is 2.20. The predicted octanol–water partition coefficient (Wildman–Crippen LogP) is 0.0190. The molecule has 0 aromatic rings. The molecule has 0 spiro atoms. The first-order valence-corrected chi connectivity index (χ1v) is 4.96. The fourth-order valence-corrected chi connectivity index (χ4v) is 2.02. The first kappa shape index (κ1) is 11.8. The van der Waals surface area contributed by atoms with Crippen molar-refractivity contribution in [2.45, 2.75) is 18.9 Å². The van der Waals surface area contributed by atoms with Gasteiger partial charge in [-0.25, -0.2) is 0 Å². The molecule has 0 saturated carbocycles. The Labute approximate surface area is 90.4 Å². The number of carbonyl (C=O) groups is 1. The molecule has 2 aliphatic rings. The van der Waals surface area contributed by atoms with Gasteiger partial charge >= 0.3 is 0 Å². The van der Waals surface area contributed by atoms with Gasteiger partial charge in [0.25, 0.3) is 0 Å². The van der Waals surface area contributed by atoms with Crippen molar-refractivity contribution >= 4 is 18.3 Å². The van der Waals surface area contributed by atoms with Crippen molar-refractivity contribution in [3.63, 3.8) is 0 Å². The molecule has 0 bridgehead atoms. The van der Waals surface area contributed by atoms with Crippen LogP contribution in [0.1, 0.15) is 12.8 Å². The van der Waals surface area contributed by atoms with Crippen molar-refractivity contribution in [2.24, 2.45) is 0 Å². The largest absolute Gasteiger partial charge is 0.370 e. The monoisotopic (exact) mass is 220 g/mol. The minimum Gasteiger partial charge on any atom is -0.370 e. The molecule has 2 heterocycles. The van der Waals surface area contributed by atoms with E-state index in [0.29, 0.717) is 12.6 Å². The van der Waals surface area contributed by atoms with Gasteiger partial charge in [0, 0.05) is 19.1 Å². The number of halogens is 1. The number of hydrogen-bond donors (Lipinski definition) is 1. The van der Waals surface area contributed by atoms with Crippen LogP contribution >= 0.6 is 12.4 Å². The minimum atomic E-state index is 0. The van der Waals surface area contributed by atoms with Crippen LogP contribution in [0.3, 0.4) is 0 Å². The SMILES string of the molecule is Cl.O=C1COCCN1[C@@H]1CCCNC1. The minimum absolute atomic E-state index is 0. The fraction of sp³-hybridized carbons (Fsp3) is 0.889. The summed E-state index contributed by atoms with van der Waals surface area (Å²) in [6.45, 7) is 3.78. The molecule has 82 valence electrons. The van der Waals surface area contributed by atoms with Crippen LogP contribution in [0.25, 0.3) is 0 Å². The van der Waals surface area contributed by atoms with E-state index in [1.54, 1.807) is 0 Å². The number of nitrogens with zero attached hydrogens (tertiary/aromatic N) is 1. The van der Waals surface area contributed by atoms with Crippen molar-refractivity contribution in [3.8, 4) is 0 Å². The Kier molecular flexibility index (Phi) is 4.65. The molecular formula is C9H17ClN2O2. The molecule has 2 aliphatic heterocycles. The number of rotatable bonds is 1. The van der Waals surface area contributed by atoms with Crippen LogP contribution in [0.4, 0.5) is 0 Å². The molecule has 4 nitrogen and oxygen atoms in total. The highest BCUT2D eigenvalue weighted by atomic mass is 35.5. The molecular weight excluding hydrogens is 204 g/mol. The van der Waals surface area contributed by atoms with Crippen LogP contribution < -0.4 is 5.32 Å². The lowest BCUT2D eigenvalue weighted by molar-refractivity contribution is -0.146. The lowest BCUT2D eigenvalue weighted by Gasteiger charge is -2.36. The average molecular weight is 221 g/mol. The Morgan fingerprint density at radius 3 is 3.00 bits per heavy atom. The van der Waals surface area contributed by atoms with Gasteiger partial charge < -0.3 is 15.0 Å². The van der Waals surface area contributed by atoms with Gasteiger partial charge in [0.05, 0.1) is 6.61 Å². The van der Waals surface area contributed by atoms with Crippen LogP contribution in [0.2, 0.25) is 0 Å². The third-order valence-electron chi connectivity index (χ3n) is 2.73. The maximum atomic E-state index is 11.5. The van der Waals surface area contributed by atoms with Gasteiger partial charge in [0.15, 0.2) is 0 Å². The molecule has 5 heteroatoms. The van der Waals surface area contributed by atoms with Crippen molar-refractivity contribution in [2.75, 3.05) is 32.8 Å². The molecule has 0 unspecified atom stereocenters. The predicted molar refractivity (Wildman–Crippen MR) is 55.7 cm³/mol. The lowest BCUT2D eigenvalue weighted by atomic mass is 10.1. The Morgan fingerprint density at radius 2 is 2.36 bits per heavy atom. The third-order valence-corrected chi connectivity index (χ3v) is 2.73. The summed E-state index contributed by atoms with van der Waals surface area (Å²) in [5.41, 5.74) is 0. The first-order chi connectivity index (χ1) is 6.38. The zero-order chi connectivity index (χ0) is 9.10. The van der Waals surface area contributed by atoms with Gasteiger partial charge in [0.1, 0.15) is 6.61 Å². The van der Waals surface area contributed by atoms with E-state index in [-0.39, 0.29) is 24.9 Å². The number of piperidine rings is 1. The van der Waals surface area contributed by atoms with Crippen molar-refractivity contribution in [1.29, 1.82) is 0 Å². The molecule has 14 heavy (non-hydrogen) atoms. The van der Waals surface area contributed by atoms with E-state index >= 15 is 0 Å². The highest BCUT2D eigenvalue weighted by Crippen LogP contribution is 2.12. The Bertz CT molecular complexity index is 195. The highest BCUT2D eigenvalue weighted by Gasteiger charge is 2.27. The van der Waals surface area contributed by atoms with E-state index in [4.69, 9.17) is 4.74 Å². The molecule has 2 rings (SSSR count). The Hall–Kier alpha value is -0.320. The van der Waals surface area contributed by atoms with Crippen molar-refractivity contribution in [1.82, 2.24) is 10.2 Å².